The Labute approximate surface area is 90.9 Å². The Bertz CT molecular complexity index is 323. The molecule has 1 atom stereocenters. The maximum absolute atomic E-state index is 13.7. The first-order valence-electron chi connectivity index (χ1n) is 5.23. The second-order valence-electron chi connectivity index (χ2n) is 4.05. The Kier molecular flexibility index (Phi) is 4.09. The van der Waals surface area contributed by atoms with Gasteiger partial charge in [0.2, 0.25) is 0 Å². The Morgan fingerprint density at radius 1 is 1.40 bits per heavy atom. The molecule has 0 aliphatic rings. The lowest BCUT2D eigenvalue weighted by atomic mass is 9.95. The molecule has 0 heterocycles. The first-order valence-corrected chi connectivity index (χ1v) is 5.23. The standard InChI is InChI=1S/C12H19FN2/c1-9(7-8-14)12-10(13)5-4-6-11(12)15(2)3/h4-6,9H,7-8,14H2,1-3H3. The summed E-state index contributed by atoms with van der Waals surface area (Å²) in [5.74, 6) is 0.0238. The summed E-state index contributed by atoms with van der Waals surface area (Å²) in [6, 6.07) is 5.18. The van der Waals surface area contributed by atoms with Crippen LogP contribution in [0.3, 0.4) is 0 Å². The Morgan fingerprint density at radius 3 is 2.60 bits per heavy atom. The normalized spacial score (nSPS) is 12.6. The van der Waals surface area contributed by atoms with Gasteiger partial charge < -0.3 is 10.6 Å². The molecule has 2 N–H and O–H groups in total. The van der Waals surface area contributed by atoms with Gasteiger partial charge >= 0.3 is 0 Å². The number of halogens is 1. The zero-order valence-corrected chi connectivity index (χ0v) is 9.63. The highest BCUT2D eigenvalue weighted by Crippen LogP contribution is 2.30. The average Bonchev–Trinajstić information content (AvgIpc) is 2.17. The molecular weight excluding hydrogens is 191 g/mol. The van der Waals surface area contributed by atoms with E-state index in [0.717, 1.165) is 17.7 Å². The number of nitrogens with two attached hydrogens (primary N) is 1. The quantitative estimate of drug-likeness (QED) is 0.826. The molecule has 15 heavy (non-hydrogen) atoms. The Hall–Kier alpha value is -1.09. The number of hydrogen-bond donors (Lipinski definition) is 1. The van der Waals surface area contributed by atoms with E-state index in [0.29, 0.717) is 6.54 Å². The van der Waals surface area contributed by atoms with Crippen LogP contribution in [0.5, 0.6) is 0 Å². The average molecular weight is 210 g/mol. The van der Waals surface area contributed by atoms with Crippen molar-refractivity contribution in [2.24, 2.45) is 5.73 Å². The van der Waals surface area contributed by atoms with E-state index in [-0.39, 0.29) is 11.7 Å². The van der Waals surface area contributed by atoms with Crippen LogP contribution >= 0.6 is 0 Å². The molecule has 0 bridgehead atoms. The summed E-state index contributed by atoms with van der Waals surface area (Å²) in [6.07, 6.45) is 0.807. The van der Waals surface area contributed by atoms with Gasteiger partial charge in [-0.15, -0.1) is 0 Å². The van der Waals surface area contributed by atoms with E-state index in [1.807, 2.05) is 32.0 Å². The fourth-order valence-corrected chi connectivity index (χ4v) is 1.80. The van der Waals surface area contributed by atoms with Crippen LogP contribution in [-0.4, -0.2) is 20.6 Å². The minimum Gasteiger partial charge on any atom is -0.377 e. The van der Waals surface area contributed by atoms with Crippen molar-refractivity contribution in [3.63, 3.8) is 0 Å². The number of hydrogen-bond acceptors (Lipinski definition) is 2. The summed E-state index contributed by atoms with van der Waals surface area (Å²) in [4.78, 5) is 1.94. The Morgan fingerprint density at radius 2 is 2.07 bits per heavy atom. The van der Waals surface area contributed by atoms with Crippen LogP contribution in [0.25, 0.3) is 0 Å². The summed E-state index contributed by atoms with van der Waals surface area (Å²) in [7, 11) is 3.85. The second-order valence-corrected chi connectivity index (χ2v) is 4.05. The molecule has 0 amide bonds. The summed E-state index contributed by atoms with van der Waals surface area (Å²) < 4.78 is 13.7. The monoisotopic (exact) mass is 210 g/mol. The van der Waals surface area contributed by atoms with E-state index < -0.39 is 0 Å². The van der Waals surface area contributed by atoms with Crippen LogP contribution in [0, 0.1) is 5.82 Å². The lowest BCUT2D eigenvalue weighted by Crippen LogP contribution is -2.15. The molecule has 84 valence electrons. The van der Waals surface area contributed by atoms with Crippen molar-refractivity contribution in [3.8, 4) is 0 Å². The molecule has 0 radical (unpaired) electrons. The highest BCUT2D eigenvalue weighted by Gasteiger charge is 2.15. The second kappa shape index (κ2) is 5.12. The zero-order valence-electron chi connectivity index (χ0n) is 9.63. The van der Waals surface area contributed by atoms with Gasteiger partial charge in [0.15, 0.2) is 0 Å². The third kappa shape index (κ3) is 2.69. The van der Waals surface area contributed by atoms with Gasteiger partial charge in [0, 0.05) is 25.3 Å². The summed E-state index contributed by atoms with van der Waals surface area (Å²) in [6.45, 7) is 2.60. The van der Waals surface area contributed by atoms with Crippen LogP contribution in [0.15, 0.2) is 18.2 Å². The lowest BCUT2D eigenvalue weighted by molar-refractivity contribution is 0.577. The molecule has 0 spiro atoms. The van der Waals surface area contributed by atoms with Crippen LogP contribution in [0.1, 0.15) is 24.8 Å². The molecule has 3 heteroatoms. The number of benzene rings is 1. The van der Waals surface area contributed by atoms with E-state index in [1.165, 1.54) is 6.07 Å². The molecule has 0 aliphatic carbocycles. The maximum atomic E-state index is 13.7. The predicted molar refractivity (Wildman–Crippen MR) is 62.8 cm³/mol. The van der Waals surface area contributed by atoms with Gasteiger partial charge in [0.05, 0.1) is 0 Å². The van der Waals surface area contributed by atoms with Crippen LogP contribution in [-0.2, 0) is 0 Å². The molecule has 1 unspecified atom stereocenters. The van der Waals surface area contributed by atoms with E-state index in [9.17, 15) is 4.39 Å². The smallest absolute Gasteiger partial charge is 0.128 e. The van der Waals surface area contributed by atoms with Crippen molar-refractivity contribution >= 4 is 5.69 Å². The van der Waals surface area contributed by atoms with Gasteiger partial charge in [-0.3, -0.25) is 0 Å². The van der Waals surface area contributed by atoms with E-state index in [2.05, 4.69) is 0 Å². The first kappa shape index (κ1) is 12.0. The minimum absolute atomic E-state index is 0.137. The third-order valence-corrected chi connectivity index (χ3v) is 2.60. The molecule has 0 saturated heterocycles. The number of anilines is 1. The summed E-state index contributed by atoms with van der Waals surface area (Å²) in [5.41, 5.74) is 7.22. The first-order chi connectivity index (χ1) is 7.07. The van der Waals surface area contributed by atoms with Gasteiger partial charge in [-0.2, -0.15) is 0 Å². The van der Waals surface area contributed by atoms with Gasteiger partial charge in [0.1, 0.15) is 5.82 Å². The molecule has 1 aromatic carbocycles. The number of nitrogens with zero attached hydrogens (tertiary/aromatic N) is 1. The van der Waals surface area contributed by atoms with Crippen LogP contribution < -0.4 is 10.6 Å². The highest BCUT2D eigenvalue weighted by molar-refractivity contribution is 5.54. The molecule has 1 aromatic rings. The molecule has 2 nitrogen and oxygen atoms in total. The van der Waals surface area contributed by atoms with Gasteiger partial charge in [0.25, 0.3) is 0 Å². The lowest BCUT2D eigenvalue weighted by Gasteiger charge is -2.21. The molecule has 0 saturated carbocycles. The topological polar surface area (TPSA) is 29.3 Å². The fourth-order valence-electron chi connectivity index (χ4n) is 1.80. The van der Waals surface area contributed by atoms with Crippen LogP contribution in [0.2, 0.25) is 0 Å². The fraction of sp³-hybridized carbons (Fsp3) is 0.500. The summed E-state index contributed by atoms with van der Waals surface area (Å²) >= 11 is 0. The zero-order chi connectivity index (χ0) is 11.4. The van der Waals surface area contributed by atoms with Crippen LogP contribution in [0.4, 0.5) is 10.1 Å². The molecule has 1 rings (SSSR count). The molecule has 0 aliphatic heterocycles. The third-order valence-electron chi connectivity index (χ3n) is 2.60. The van der Waals surface area contributed by atoms with Crippen molar-refractivity contribution < 1.29 is 4.39 Å². The molecular formula is C12H19FN2. The highest BCUT2D eigenvalue weighted by atomic mass is 19.1. The van der Waals surface area contributed by atoms with Crippen molar-refractivity contribution in [2.75, 3.05) is 25.5 Å². The SMILES string of the molecule is CC(CCN)c1c(F)cccc1N(C)C. The Balaban J connectivity index is 3.12. The van der Waals surface area contributed by atoms with E-state index in [4.69, 9.17) is 5.73 Å². The van der Waals surface area contributed by atoms with Crippen molar-refractivity contribution in [2.45, 2.75) is 19.3 Å². The van der Waals surface area contributed by atoms with Gasteiger partial charge in [-0.1, -0.05) is 13.0 Å². The van der Waals surface area contributed by atoms with Gasteiger partial charge in [-0.25, -0.2) is 4.39 Å². The molecule has 0 aromatic heterocycles. The van der Waals surface area contributed by atoms with E-state index in [1.54, 1.807) is 6.07 Å². The molecule has 0 fully saturated rings. The van der Waals surface area contributed by atoms with Gasteiger partial charge in [-0.05, 0) is 31.0 Å². The summed E-state index contributed by atoms with van der Waals surface area (Å²) in [5, 5.41) is 0. The number of rotatable bonds is 4. The van der Waals surface area contributed by atoms with Crippen molar-refractivity contribution in [3.05, 3.63) is 29.6 Å². The largest absolute Gasteiger partial charge is 0.377 e. The predicted octanol–water partition coefficient (Wildman–Crippen LogP) is 2.34. The van der Waals surface area contributed by atoms with Crippen molar-refractivity contribution in [1.82, 2.24) is 0 Å². The van der Waals surface area contributed by atoms with E-state index >= 15 is 0 Å². The van der Waals surface area contributed by atoms with Crippen molar-refractivity contribution in [1.29, 1.82) is 0 Å². The minimum atomic E-state index is -0.137. The maximum Gasteiger partial charge on any atom is 0.128 e.